The maximum atomic E-state index is 13.4. The minimum Gasteiger partial charge on any atom is -0.493 e. The van der Waals surface area contributed by atoms with E-state index in [1.807, 2.05) is 0 Å². The number of nitrogens with zero attached hydrogens (tertiary/aromatic N) is 3. The largest absolute Gasteiger partial charge is 0.493 e. The summed E-state index contributed by atoms with van der Waals surface area (Å²) in [7, 11) is -0.935. The molecule has 0 unspecified atom stereocenters. The number of sulfone groups is 1. The molecule has 32 heavy (non-hydrogen) atoms. The molecule has 0 aromatic carbocycles. The van der Waals surface area contributed by atoms with Crippen molar-refractivity contribution in [2.24, 2.45) is 0 Å². The molecular formula is C20H20FN5O5S. The molecule has 0 aliphatic heterocycles. The molecule has 3 heterocycles. The van der Waals surface area contributed by atoms with E-state index >= 15 is 0 Å². The van der Waals surface area contributed by atoms with Gasteiger partial charge >= 0.3 is 0 Å². The number of rotatable bonds is 7. The first-order valence-electron chi connectivity index (χ1n) is 9.12. The van der Waals surface area contributed by atoms with Crippen molar-refractivity contribution in [1.82, 2.24) is 15.0 Å². The van der Waals surface area contributed by atoms with Gasteiger partial charge in [0.25, 0.3) is 0 Å². The van der Waals surface area contributed by atoms with Gasteiger partial charge in [0.1, 0.15) is 11.6 Å². The van der Waals surface area contributed by atoms with Crippen LogP contribution in [0, 0.1) is 5.82 Å². The molecule has 0 radical (unpaired) electrons. The lowest BCUT2D eigenvalue weighted by molar-refractivity contribution is -0.114. The number of hydrogen-bond acceptors (Lipinski definition) is 9. The molecule has 3 aromatic heterocycles. The minimum absolute atomic E-state index is 0.0376. The Kier molecular flexibility index (Phi) is 6.53. The van der Waals surface area contributed by atoms with Gasteiger partial charge in [-0.3, -0.25) is 9.78 Å². The Labute approximate surface area is 183 Å². The van der Waals surface area contributed by atoms with Crippen LogP contribution in [0.2, 0.25) is 0 Å². The number of carbonyl (C=O) groups excluding carboxylic acids is 1. The van der Waals surface area contributed by atoms with Gasteiger partial charge in [0.2, 0.25) is 11.7 Å². The summed E-state index contributed by atoms with van der Waals surface area (Å²) in [6, 6.07) is 5.44. The Balaban J connectivity index is 2.20. The number of aromatic nitrogens is 3. The maximum Gasteiger partial charge on any atom is 0.222 e. The normalized spacial score (nSPS) is 11.0. The van der Waals surface area contributed by atoms with E-state index in [9.17, 15) is 17.6 Å². The predicted octanol–water partition coefficient (Wildman–Crippen LogP) is 2.80. The van der Waals surface area contributed by atoms with Crippen molar-refractivity contribution in [2.45, 2.75) is 11.9 Å². The lowest BCUT2D eigenvalue weighted by Crippen LogP contribution is -2.10. The van der Waals surface area contributed by atoms with Crippen molar-refractivity contribution < 1.29 is 27.1 Å². The van der Waals surface area contributed by atoms with E-state index in [0.717, 1.165) is 12.5 Å². The Morgan fingerprint density at radius 3 is 2.41 bits per heavy atom. The average molecular weight is 461 g/mol. The van der Waals surface area contributed by atoms with Crippen molar-refractivity contribution >= 4 is 33.1 Å². The van der Waals surface area contributed by atoms with Crippen LogP contribution >= 0.6 is 0 Å². The van der Waals surface area contributed by atoms with E-state index in [-0.39, 0.29) is 34.1 Å². The van der Waals surface area contributed by atoms with Crippen LogP contribution in [-0.4, -0.2) is 49.8 Å². The first-order valence-corrected chi connectivity index (χ1v) is 11.0. The molecule has 3 rings (SSSR count). The maximum absolute atomic E-state index is 13.4. The minimum atomic E-state index is -3.68. The van der Waals surface area contributed by atoms with E-state index in [1.165, 1.54) is 51.6 Å². The molecule has 0 saturated carbocycles. The van der Waals surface area contributed by atoms with E-state index in [2.05, 4.69) is 25.6 Å². The molecule has 0 bridgehead atoms. The first kappa shape index (κ1) is 22.9. The van der Waals surface area contributed by atoms with Crippen LogP contribution in [0.5, 0.6) is 11.5 Å². The van der Waals surface area contributed by atoms with Crippen molar-refractivity contribution in [3.8, 4) is 22.8 Å². The predicted molar refractivity (Wildman–Crippen MR) is 115 cm³/mol. The summed E-state index contributed by atoms with van der Waals surface area (Å²) in [5, 5.41) is 5.32. The monoisotopic (exact) mass is 461 g/mol. The van der Waals surface area contributed by atoms with E-state index in [0.29, 0.717) is 16.9 Å². The molecule has 0 spiro atoms. The van der Waals surface area contributed by atoms with Crippen LogP contribution in [0.25, 0.3) is 11.3 Å². The van der Waals surface area contributed by atoms with E-state index < -0.39 is 15.7 Å². The topological polar surface area (TPSA) is 132 Å². The van der Waals surface area contributed by atoms with E-state index in [4.69, 9.17) is 9.47 Å². The third kappa shape index (κ3) is 5.09. The number of halogens is 1. The smallest absolute Gasteiger partial charge is 0.222 e. The summed E-state index contributed by atoms with van der Waals surface area (Å²) in [6.07, 6.45) is 3.49. The van der Waals surface area contributed by atoms with Crippen LogP contribution < -0.4 is 20.1 Å². The molecular weight excluding hydrogens is 441 g/mol. The molecule has 1 amide bonds. The summed E-state index contributed by atoms with van der Waals surface area (Å²) < 4.78 is 48.2. The Morgan fingerprint density at radius 1 is 1.09 bits per heavy atom. The van der Waals surface area contributed by atoms with Gasteiger partial charge in [-0.2, -0.15) is 0 Å². The summed E-state index contributed by atoms with van der Waals surface area (Å²) in [5.41, 5.74) is 1.16. The number of pyridine rings is 3. The molecule has 0 fully saturated rings. The van der Waals surface area contributed by atoms with Gasteiger partial charge in [-0.1, -0.05) is 0 Å². The highest BCUT2D eigenvalue weighted by molar-refractivity contribution is 7.90. The van der Waals surface area contributed by atoms with Crippen LogP contribution in [-0.2, 0) is 14.6 Å². The van der Waals surface area contributed by atoms with Gasteiger partial charge in [-0.15, -0.1) is 0 Å². The second-order valence-electron chi connectivity index (χ2n) is 6.60. The fraction of sp³-hybridized carbons (Fsp3) is 0.200. The highest BCUT2D eigenvalue weighted by Gasteiger charge is 2.21. The molecule has 0 saturated heterocycles. The Hall–Kier alpha value is -3.80. The van der Waals surface area contributed by atoms with Gasteiger partial charge in [0.05, 0.1) is 31.8 Å². The van der Waals surface area contributed by atoms with Crippen molar-refractivity contribution in [2.75, 3.05) is 31.1 Å². The van der Waals surface area contributed by atoms with Gasteiger partial charge in [0.15, 0.2) is 26.4 Å². The number of hydrogen-bond donors (Lipinski definition) is 2. The van der Waals surface area contributed by atoms with Crippen LogP contribution in [0.1, 0.15) is 6.92 Å². The number of ether oxygens (including phenoxy) is 2. The molecule has 0 aliphatic carbocycles. The number of amides is 1. The third-order valence-corrected chi connectivity index (χ3v) is 5.15. The van der Waals surface area contributed by atoms with Crippen molar-refractivity contribution in [3.63, 3.8) is 0 Å². The third-order valence-electron chi connectivity index (χ3n) is 4.18. The Bertz CT molecular complexity index is 1270. The van der Waals surface area contributed by atoms with E-state index in [1.54, 1.807) is 0 Å². The fourth-order valence-corrected chi connectivity index (χ4v) is 3.36. The summed E-state index contributed by atoms with van der Waals surface area (Å²) in [4.78, 5) is 23.9. The zero-order chi connectivity index (χ0) is 23.5. The van der Waals surface area contributed by atoms with Crippen LogP contribution in [0.3, 0.4) is 0 Å². The Morgan fingerprint density at radius 2 is 1.84 bits per heavy atom. The van der Waals surface area contributed by atoms with Crippen LogP contribution in [0.15, 0.2) is 41.7 Å². The molecule has 12 heteroatoms. The molecule has 10 nitrogen and oxygen atoms in total. The SMILES string of the molecule is COc1cc(S(C)(=O)=O)nc(Nc2cc(NC(C)=O)ncc2-c2ccc(F)cn2)c1OC. The lowest BCUT2D eigenvalue weighted by atomic mass is 10.1. The quantitative estimate of drug-likeness (QED) is 0.545. The molecule has 0 atom stereocenters. The van der Waals surface area contributed by atoms with Gasteiger partial charge in [-0.05, 0) is 12.1 Å². The second-order valence-corrected chi connectivity index (χ2v) is 8.56. The molecule has 3 aromatic rings. The average Bonchev–Trinajstić information content (AvgIpc) is 2.73. The molecule has 168 valence electrons. The number of methoxy groups -OCH3 is 2. The van der Waals surface area contributed by atoms with Crippen molar-refractivity contribution in [3.05, 3.63) is 42.5 Å². The van der Waals surface area contributed by atoms with Crippen molar-refractivity contribution in [1.29, 1.82) is 0 Å². The van der Waals surface area contributed by atoms with Gasteiger partial charge in [-0.25, -0.2) is 22.8 Å². The number of carbonyl (C=O) groups is 1. The summed E-state index contributed by atoms with van der Waals surface area (Å²) in [6.45, 7) is 1.33. The first-order chi connectivity index (χ1) is 15.1. The summed E-state index contributed by atoms with van der Waals surface area (Å²) >= 11 is 0. The second kappa shape index (κ2) is 9.14. The lowest BCUT2D eigenvalue weighted by Gasteiger charge is -2.17. The number of anilines is 3. The molecule has 0 aliphatic rings. The highest BCUT2D eigenvalue weighted by atomic mass is 32.2. The zero-order valence-electron chi connectivity index (χ0n) is 17.6. The summed E-state index contributed by atoms with van der Waals surface area (Å²) in [5.74, 6) is -0.307. The van der Waals surface area contributed by atoms with Gasteiger partial charge in [0, 0.05) is 37.1 Å². The highest BCUT2D eigenvalue weighted by Crippen LogP contribution is 2.39. The zero-order valence-corrected chi connectivity index (χ0v) is 18.4. The number of nitrogens with one attached hydrogen (secondary N) is 2. The standard InChI is InChI=1S/C20H20FN5O5S/c1-11(27)24-17-7-15(13(10-23-17)14-6-5-12(21)9-22-14)25-20-19(31-3)16(30-2)8-18(26-20)32(4,28)29/h5-10H,1-4H3,(H2,23,24,25,26,27). The fourth-order valence-electron chi connectivity index (χ4n) is 2.79. The van der Waals surface area contributed by atoms with Crippen LogP contribution in [0.4, 0.5) is 21.7 Å². The van der Waals surface area contributed by atoms with Gasteiger partial charge < -0.3 is 20.1 Å². The molecule has 2 N–H and O–H groups in total.